The molecule has 0 unspecified atom stereocenters. The van der Waals surface area contributed by atoms with E-state index in [1.165, 1.54) is 0 Å². The maximum Gasteiger partial charge on any atom is 0.220 e. The minimum absolute atomic E-state index is 0.0336. The Morgan fingerprint density at radius 3 is 2.62 bits per heavy atom. The Morgan fingerprint density at radius 2 is 1.84 bits per heavy atom. The molecule has 6 nitrogen and oxygen atoms in total. The molecule has 1 saturated heterocycles. The molecule has 1 fully saturated rings. The van der Waals surface area contributed by atoms with Gasteiger partial charge in [0.15, 0.2) is 0 Å². The van der Waals surface area contributed by atoms with Gasteiger partial charge in [-0.3, -0.25) is 4.79 Å². The summed E-state index contributed by atoms with van der Waals surface area (Å²) in [7, 11) is 0. The van der Waals surface area contributed by atoms with Gasteiger partial charge in [0.2, 0.25) is 5.91 Å². The standard InChI is InChI=1S/C26H32N4O2/c1-2-29-14-16-30(17-15-29)25-13-12-21(19-27-25)20-28-26(31)11-6-18-32-24-10-5-8-22-7-3-4-9-23(22)24/h3-5,7-10,12-13,19H,2,6,11,14-18,20H2,1H3,(H,28,31). The number of hydrogen-bond acceptors (Lipinski definition) is 5. The van der Waals surface area contributed by atoms with Crippen LogP contribution in [0.3, 0.4) is 0 Å². The molecule has 0 radical (unpaired) electrons. The van der Waals surface area contributed by atoms with E-state index >= 15 is 0 Å². The van der Waals surface area contributed by atoms with Crippen molar-refractivity contribution in [2.45, 2.75) is 26.3 Å². The summed E-state index contributed by atoms with van der Waals surface area (Å²) in [4.78, 5) is 21.6. The Kier molecular flexibility index (Phi) is 7.56. The Balaban J connectivity index is 1.17. The molecule has 0 saturated carbocycles. The van der Waals surface area contributed by atoms with E-state index in [9.17, 15) is 4.79 Å². The molecule has 0 atom stereocenters. The first kappa shape index (κ1) is 22.1. The van der Waals surface area contributed by atoms with Crippen molar-refractivity contribution in [1.82, 2.24) is 15.2 Å². The number of amides is 1. The van der Waals surface area contributed by atoms with Gasteiger partial charge in [-0.15, -0.1) is 0 Å². The third-order valence-electron chi connectivity index (χ3n) is 6.00. The first-order valence-corrected chi connectivity index (χ1v) is 11.5. The van der Waals surface area contributed by atoms with E-state index in [1.807, 2.05) is 30.5 Å². The molecule has 1 aliphatic rings. The normalized spacial score (nSPS) is 14.5. The highest BCUT2D eigenvalue weighted by Gasteiger charge is 2.16. The van der Waals surface area contributed by atoms with Crippen LogP contribution in [0.15, 0.2) is 60.8 Å². The fourth-order valence-corrected chi connectivity index (χ4v) is 4.03. The Labute approximate surface area is 190 Å². The molecule has 3 aromatic rings. The molecule has 1 aromatic heterocycles. The van der Waals surface area contributed by atoms with E-state index in [1.54, 1.807) is 0 Å². The minimum atomic E-state index is 0.0336. The van der Waals surface area contributed by atoms with Crippen molar-refractivity contribution >= 4 is 22.5 Å². The van der Waals surface area contributed by atoms with Crippen LogP contribution >= 0.6 is 0 Å². The van der Waals surface area contributed by atoms with Crippen molar-refractivity contribution in [3.63, 3.8) is 0 Å². The summed E-state index contributed by atoms with van der Waals surface area (Å²) in [6.45, 7) is 8.52. The third kappa shape index (κ3) is 5.77. The second-order valence-corrected chi connectivity index (χ2v) is 8.15. The van der Waals surface area contributed by atoms with Gasteiger partial charge in [0.25, 0.3) is 0 Å². The van der Waals surface area contributed by atoms with Gasteiger partial charge in [0.1, 0.15) is 11.6 Å². The van der Waals surface area contributed by atoms with E-state index in [4.69, 9.17) is 4.74 Å². The molecule has 0 aliphatic carbocycles. The molecule has 4 rings (SSSR count). The molecule has 168 valence electrons. The third-order valence-corrected chi connectivity index (χ3v) is 6.00. The fraction of sp³-hybridized carbons (Fsp3) is 0.385. The van der Waals surface area contributed by atoms with Gasteiger partial charge in [-0.05, 0) is 36.0 Å². The average Bonchev–Trinajstić information content (AvgIpc) is 2.86. The predicted octanol–water partition coefficient (Wildman–Crippen LogP) is 3.85. The lowest BCUT2D eigenvalue weighted by atomic mass is 10.1. The number of pyridine rings is 1. The number of fused-ring (bicyclic) bond motifs is 1. The average molecular weight is 433 g/mol. The van der Waals surface area contributed by atoms with Gasteiger partial charge in [-0.1, -0.05) is 49.4 Å². The van der Waals surface area contributed by atoms with Crippen molar-refractivity contribution < 1.29 is 9.53 Å². The summed E-state index contributed by atoms with van der Waals surface area (Å²) < 4.78 is 5.92. The van der Waals surface area contributed by atoms with Crippen LogP contribution < -0.4 is 15.0 Å². The quantitative estimate of drug-likeness (QED) is 0.521. The number of nitrogens with one attached hydrogen (secondary N) is 1. The van der Waals surface area contributed by atoms with Crippen LogP contribution in [0.4, 0.5) is 5.82 Å². The lowest BCUT2D eigenvalue weighted by Crippen LogP contribution is -2.46. The molecule has 6 heteroatoms. The largest absolute Gasteiger partial charge is 0.493 e. The number of rotatable bonds is 9. The molecule has 1 N–H and O–H groups in total. The Morgan fingerprint density at radius 1 is 1.03 bits per heavy atom. The van der Waals surface area contributed by atoms with Crippen LogP contribution in [0.25, 0.3) is 10.8 Å². The van der Waals surface area contributed by atoms with E-state index < -0.39 is 0 Å². The van der Waals surface area contributed by atoms with Gasteiger partial charge >= 0.3 is 0 Å². The summed E-state index contributed by atoms with van der Waals surface area (Å²) in [5, 5.41) is 5.24. The number of carbonyl (C=O) groups excluding carboxylic acids is 1. The molecular formula is C26H32N4O2. The van der Waals surface area contributed by atoms with E-state index in [0.717, 1.165) is 60.6 Å². The van der Waals surface area contributed by atoms with Crippen molar-refractivity contribution in [1.29, 1.82) is 0 Å². The lowest BCUT2D eigenvalue weighted by molar-refractivity contribution is -0.121. The van der Waals surface area contributed by atoms with Crippen molar-refractivity contribution in [2.75, 3.05) is 44.2 Å². The molecule has 32 heavy (non-hydrogen) atoms. The topological polar surface area (TPSA) is 57.7 Å². The van der Waals surface area contributed by atoms with Gasteiger partial charge in [0, 0.05) is 50.7 Å². The zero-order chi connectivity index (χ0) is 22.2. The van der Waals surface area contributed by atoms with Crippen LogP contribution in [0.1, 0.15) is 25.3 Å². The summed E-state index contributed by atoms with van der Waals surface area (Å²) in [5.74, 6) is 1.92. The SMILES string of the molecule is CCN1CCN(c2ccc(CNC(=O)CCCOc3cccc4ccccc34)cn2)CC1. The van der Waals surface area contributed by atoms with E-state index in [-0.39, 0.29) is 5.91 Å². The molecule has 0 spiro atoms. The highest BCUT2D eigenvalue weighted by molar-refractivity contribution is 5.88. The maximum absolute atomic E-state index is 12.2. The molecule has 2 aromatic carbocycles. The van der Waals surface area contributed by atoms with Crippen LogP contribution in [-0.4, -0.2) is 55.1 Å². The maximum atomic E-state index is 12.2. The van der Waals surface area contributed by atoms with Crippen molar-refractivity contribution in [2.24, 2.45) is 0 Å². The number of likely N-dealkylation sites (N-methyl/N-ethyl adjacent to an activating group) is 1. The number of ether oxygens (including phenoxy) is 1. The van der Waals surface area contributed by atoms with Crippen LogP contribution in [0, 0.1) is 0 Å². The summed E-state index contributed by atoms with van der Waals surface area (Å²) >= 11 is 0. The number of anilines is 1. The van der Waals surface area contributed by atoms with Crippen molar-refractivity contribution in [3.8, 4) is 5.75 Å². The molecule has 0 bridgehead atoms. The van der Waals surface area contributed by atoms with Crippen molar-refractivity contribution in [3.05, 3.63) is 66.4 Å². The summed E-state index contributed by atoms with van der Waals surface area (Å²) in [6.07, 6.45) is 2.99. The molecule has 2 heterocycles. The monoisotopic (exact) mass is 432 g/mol. The van der Waals surface area contributed by atoms with Gasteiger partial charge < -0.3 is 19.9 Å². The predicted molar refractivity (Wildman–Crippen MR) is 129 cm³/mol. The number of aromatic nitrogens is 1. The Hall–Kier alpha value is -3.12. The number of piperazine rings is 1. The first-order valence-electron chi connectivity index (χ1n) is 11.5. The lowest BCUT2D eigenvalue weighted by Gasteiger charge is -2.34. The second kappa shape index (κ2) is 11.0. The molecular weight excluding hydrogens is 400 g/mol. The number of nitrogens with zero attached hydrogens (tertiary/aromatic N) is 3. The van der Waals surface area contributed by atoms with Gasteiger partial charge in [-0.25, -0.2) is 4.98 Å². The highest BCUT2D eigenvalue weighted by Crippen LogP contribution is 2.25. The van der Waals surface area contributed by atoms with Gasteiger partial charge in [-0.2, -0.15) is 0 Å². The van der Waals surface area contributed by atoms with Crippen LogP contribution in [0.2, 0.25) is 0 Å². The molecule has 1 amide bonds. The second-order valence-electron chi connectivity index (χ2n) is 8.15. The van der Waals surface area contributed by atoms with Crippen LogP contribution in [-0.2, 0) is 11.3 Å². The number of hydrogen-bond donors (Lipinski definition) is 1. The fourth-order valence-electron chi connectivity index (χ4n) is 4.03. The van der Waals surface area contributed by atoms with Gasteiger partial charge in [0.05, 0.1) is 6.61 Å². The van der Waals surface area contributed by atoms with E-state index in [0.29, 0.717) is 26.0 Å². The molecule has 1 aliphatic heterocycles. The first-order chi connectivity index (χ1) is 15.7. The van der Waals surface area contributed by atoms with Crippen LogP contribution in [0.5, 0.6) is 5.75 Å². The highest BCUT2D eigenvalue weighted by atomic mass is 16.5. The summed E-state index contributed by atoms with van der Waals surface area (Å²) in [6, 6.07) is 18.3. The van der Waals surface area contributed by atoms with E-state index in [2.05, 4.69) is 57.4 Å². The zero-order valence-electron chi connectivity index (χ0n) is 18.8. The number of carbonyl (C=O) groups is 1. The Bertz CT molecular complexity index is 1010. The smallest absolute Gasteiger partial charge is 0.220 e. The summed E-state index contributed by atoms with van der Waals surface area (Å²) in [5.41, 5.74) is 1.02. The zero-order valence-corrected chi connectivity index (χ0v) is 18.8. The number of benzene rings is 2. The minimum Gasteiger partial charge on any atom is -0.493 e.